The number of halogens is 5. The molecule has 1 aliphatic rings. The molecule has 0 bridgehead atoms. The average molecular weight is 356 g/mol. The van der Waals surface area contributed by atoms with Gasteiger partial charge in [0, 0.05) is 21.9 Å². The number of hydrogen-bond acceptors (Lipinski definition) is 1. The highest BCUT2D eigenvalue weighted by Gasteiger charge is 2.32. The Bertz CT molecular complexity index is 807. The molecule has 1 aliphatic carbocycles. The van der Waals surface area contributed by atoms with Gasteiger partial charge in [-0.1, -0.05) is 11.6 Å². The van der Waals surface area contributed by atoms with E-state index in [0.29, 0.717) is 16.3 Å². The fourth-order valence-corrected chi connectivity index (χ4v) is 2.26. The van der Waals surface area contributed by atoms with E-state index in [9.17, 15) is 17.6 Å². The number of hydrogen-bond donors (Lipinski definition) is 1. The number of alkyl halides is 3. The summed E-state index contributed by atoms with van der Waals surface area (Å²) in [6, 6.07) is 3.94. The lowest BCUT2D eigenvalue weighted by molar-refractivity contribution is -0.0919. The van der Waals surface area contributed by atoms with Crippen LogP contribution < -0.4 is 5.32 Å². The van der Waals surface area contributed by atoms with Crippen LogP contribution in [0, 0.1) is 5.82 Å². The molecule has 0 saturated heterocycles. The first-order valence-electron chi connectivity index (χ1n) is 7.00. The zero-order valence-electron chi connectivity index (χ0n) is 12.9. The lowest BCUT2D eigenvalue weighted by Crippen LogP contribution is -2.14. The van der Waals surface area contributed by atoms with E-state index < -0.39 is 17.6 Å². The van der Waals surface area contributed by atoms with Gasteiger partial charge in [0.1, 0.15) is 5.82 Å². The Labute approximate surface area is 142 Å². The number of nitrogens with one attached hydrogen (secondary N) is 1. The van der Waals surface area contributed by atoms with Crippen molar-refractivity contribution < 1.29 is 17.6 Å². The molecule has 0 heterocycles. The molecule has 0 atom stereocenters. The van der Waals surface area contributed by atoms with Crippen molar-refractivity contribution in [1.82, 2.24) is 0 Å². The van der Waals surface area contributed by atoms with Crippen LogP contribution in [-0.2, 0) is 0 Å². The number of benzene rings is 1. The van der Waals surface area contributed by atoms with E-state index in [-0.39, 0.29) is 11.3 Å². The van der Waals surface area contributed by atoms with Crippen LogP contribution in [0.25, 0.3) is 0 Å². The molecule has 6 heteroatoms. The van der Waals surface area contributed by atoms with E-state index in [2.05, 4.69) is 11.0 Å². The topological polar surface area (TPSA) is 12.0 Å². The second-order valence-corrected chi connectivity index (χ2v) is 5.59. The Morgan fingerprint density at radius 3 is 2.46 bits per heavy atom. The summed E-state index contributed by atoms with van der Waals surface area (Å²) in [5, 5.41) is 3.12. The fourth-order valence-electron chi connectivity index (χ4n) is 2.09. The molecule has 0 spiro atoms. The van der Waals surface area contributed by atoms with Crippen LogP contribution in [0.4, 0.5) is 23.2 Å². The van der Waals surface area contributed by atoms with Gasteiger partial charge in [-0.25, -0.2) is 4.39 Å². The zero-order valence-corrected chi connectivity index (χ0v) is 13.7. The van der Waals surface area contributed by atoms with Gasteiger partial charge < -0.3 is 5.32 Å². The Morgan fingerprint density at radius 2 is 1.79 bits per heavy atom. The molecule has 1 aromatic rings. The van der Waals surface area contributed by atoms with E-state index in [1.165, 1.54) is 49.4 Å². The van der Waals surface area contributed by atoms with E-state index in [4.69, 9.17) is 11.6 Å². The molecule has 24 heavy (non-hydrogen) atoms. The van der Waals surface area contributed by atoms with Gasteiger partial charge in [0.15, 0.2) is 0 Å². The molecule has 2 rings (SSSR count). The molecule has 0 aliphatic heterocycles. The third-order valence-electron chi connectivity index (χ3n) is 3.57. The lowest BCUT2D eigenvalue weighted by atomic mass is 9.98. The first-order chi connectivity index (χ1) is 11.2. The highest BCUT2D eigenvalue weighted by Crippen LogP contribution is 2.34. The average Bonchev–Trinajstić information content (AvgIpc) is 2.74. The van der Waals surface area contributed by atoms with Crippen molar-refractivity contribution in [2.24, 2.45) is 0 Å². The summed E-state index contributed by atoms with van der Waals surface area (Å²) in [7, 11) is 0. The minimum absolute atomic E-state index is 0.0389. The molecular formula is C18H14ClF4N. The van der Waals surface area contributed by atoms with Crippen molar-refractivity contribution in [3.8, 4) is 0 Å². The highest BCUT2D eigenvalue weighted by atomic mass is 35.5. The van der Waals surface area contributed by atoms with Crippen LogP contribution in [0.1, 0.15) is 13.8 Å². The van der Waals surface area contributed by atoms with Gasteiger partial charge in [-0.2, -0.15) is 13.2 Å². The van der Waals surface area contributed by atoms with Crippen LogP contribution in [0.5, 0.6) is 0 Å². The maximum atomic E-state index is 13.9. The van der Waals surface area contributed by atoms with Crippen molar-refractivity contribution in [1.29, 1.82) is 0 Å². The largest absolute Gasteiger partial charge is 0.412 e. The van der Waals surface area contributed by atoms with Crippen LogP contribution in [-0.4, -0.2) is 6.18 Å². The summed E-state index contributed by atoms with van der Waals surface area (Å²) in [5.74, 6) is -0.560. The van der Waals surface area contributed by atoms with E-state index in [0.717, 1.165) is 6.92 Å². The maximum Gasteiger partial charge on any atom is 0.412 e. The molecule has 0 unspecified atom stereocenters. The Kier molecular flexibility index (Phi) is 5.37. The van der Waals surface area contributed by atoms with Gasteiger partial charge in [0.2, 0.25) is 0 Å². The smallest absolute Gasteiger partial charge is 0.353 e. The predicted molar refractivity (Wildman–Crippen MR) is 88.3 cm³/mol. The van der Waals surface area contributed by atoms with Gasteiger partial charge in [-0.3, -0.25) is 0 Å². The van der Waals surface area contributed by atoms with Gasteiger partial charge in [0.05, 0.1) is 5.69 Å². The summed E-state index contributed by atoms with van der Waals surface area (Å²) < 4.78 is 52.9. The van der Waals surface area contributed by atoms with Crippen molar-refractivity contribution in [3.05, 3.63) is 81.5 Å². The third-order valence-corrected chi connectivity index (χ3v) is 3.81. The molecule has 0 saturated carbocycles. The van der Waals surface area contributed by atoms with Gasteiger partial charge in [0.25, 0.3) is 0 Å². The molecule has 126 valence electrons. The Balaban J connectivity index is 2.46. The molecule has 1 nitrogen and oxygen atoms in total. The lowest BCUT2D eigenvalue weighted by Gasteiger charge is -2.18. The summed E-state index contributed by atoms with van der Waals surface area (Å²) in [5.41, 5.74) is 2.80. The predicted octanol–water partition coefficient (Wildman–Crippen LogP) is 6.32. The zero-order chi connectivity index (χ0) is 17.9. The fraction of sp³-hybridized carbons (Fsp3) is 0.167. The van der Waals surface area contributed by atoms with Crippen LogP contribution in [0.3, 0.4) is 0 Å². The highest BCUT2D eigenvalue weighted by molar-refractivity contribution is 6.30. The Hall–Kier alpha value is -2.23. The van der Waals surface area contributed by atoms with E-state index >= 15 is 0 Å². The van der Waals surface area contributed by atoms with Crippen LogP contribution >= 0.6 is 11.6 Å². The van der Waals surface area contributed by atoms with Crippen LogP contribution in [0.15, 0.2) is 70.7 Å². The molecule has 0 radical (unpaired) electrons. The normalized spacial score (nSPS) is 15.5. The second-order valence-electron chi connectivity index (χ2n) is 5.16. The monoisotopic (exact) mass is 355 g/mol. The maximum absolute atomic E-state index is 13.9. The minimum Gasteiger partial charge on any atom is -0.353 e. The number of anilines is 1. The third kappa shape index (κ3) is 4.19. The van der Waals surface area contributed by atoms with Crippen molar-refractivity contribution in [2.75, 3.05) is 5.32 Å². The van der Waals surface area contributed by atoms with Crippen molar-refractivity contribution >= 4 is 17.3 Å². The van der Waals surface area contributed by atoms with Crippen LogP contribution in [0.2, 0.25) is 5.02 Å². The molecule has 1 N–H and O–H groups in total. The summed E-state index contributed by atoms with van der Waals surface area (Å²) in [6.07, 6.45) is 1.62. The number of allylic oxidation sites excluding steroid dienone is 5. The molecule has 1 aromatic carbocycles. The summed E-state index contributed by atoms with van der Waals surface area (Å²) in [4.78, 5) is 0. The number of rotatable bonds is 3. The Morgan fingerprint density at radius 1 is 1.12 bits per heavy atom. The van der Waals surface area contributed by atoms with Gasteiger partial charge in [-0.05, 0) is 61.9 Å². The van der Waals surface area contributed by atoms with E-state index in [1.54, 1.807) is 0 Å². The van der Waals surface area contributed by atoms with Gasteiger partial charge >= 0.3 is 6.18 Å². The van der Waals surface area contributed by atoms with Crippen molar-refractivity contribution in [3.63, 3.8) is 0 Å². The molecular weight excluding hydrogens is 342 g/mol. The van der Waals surface area contributed by atoms with E-state index in [1.807, 2.05) is 0 Å². The summed E-state index contributed by atoms with van der Waals surface area (Å²) in [6.45, 7) is 2.38. The molecule has 0 fully saturated rings. The first-order valence-corrected chi connectivity index (χ1v) is 7.38. The molecule has 0 aromatic heterocycles. The second kappa shape index (κ2) is 7.12. The quantitative estimate of drug-likeness (QED) is 0.494. The van der Waals surface area contributed by atoms with Gasteiger partial charge in [-0.15, -0.1) is 5.73 Å². The molecule has 0 amide bonds. The van der Waals surface area contributed by atoms with Crippen molar-refractivity contribution in [2.45, 2.75) is 20.0 Å². The summed E-state index contributed by atoms with van der Waals surface area (Å²) >= 11 is 5.85. The standard InChI is InChI=1S/C18H14ClF4N/c1-11(12(2)18(21,22)23)14-6-4-3-5-7-16(14)24-17-10-13(19)8-9-15(17)20/h4-10,24H,1-2H3/b12-11-. The SMILES string of the molecule is C/C(C1=CC=C=CC=C1Nc1cc(Cl)ccc1F)=C(\C)C(F)(F)F. The first kappa shape index (κ1) is 18.1. The minimum atomic E-state index is -4.44.